The van der Waals surface area contributed by atoms with Gasteiger partial charge in [-0.25, -0.2) is 0 Å². The zero-order chi connectivity index (χ0) is 18.1. The van der Waals surface area contributed by atoms with E-state index in [2.05, 4.69) is 5.10 Å². The van der Waals surface area contributed by atoms with Crippen LogP contribution >= 0.6 is 0 Å². The number of nitrogens with zero attached hydrogens (tertiary/aromatic N) is 3. The van der Waals surface area contributed by atoms with Crippen LogP contribution in [0.4, 0.5) is 0 Å². The predicted molar refractivity (Wildman–Crippen MR) is 97.3 cm³/mol. The summed E-state index contributed by atoms with van der Waals surface area (Å²) in [7, 11) is 1.88. The average Bonchev–Trinajstić information content (AvgIpc) is 2.95. The summed E-state index contributed by atoms with van der Waals surface area (Å²) in [6.07, 6.45) is 3.64. The fourth-order valence-corrected chi connectivity index (χ4v) is 3.85. The highest BCUT2D eigenvalue weighted by Crippen LogP contribution is 2.30. The highest BCUT2D eigenvalue weighted by Gasteiger charge is 2.30. The van der Waals surface area contributed by atoms with Crippen LogP contribution in [0.2, 0.25) is 0 Å². The van der Waals surface area contributed by atoms with E-state index in [-0.39, 0.29) is 17.9 Å². The van der Waals surface area contributed by atoms with Gasteiger partial charge < -0.3 is 14.4 Å². The summed E-state index contributed by atoms with van der Waals surface area (Å²) in [6, 6.07) is 7.94. The lowest BCUT2D eigenvalue weighted by Crippen LogP contribution is -2.36. The number of ether oxygens (including phenoxy) is 2. The van der Waals surface area contributed by atoms with Gasteiger partial charge in [0, 0.05) is 44.5 Å². The van der Waals surface area contributed by atoms with E-state index in [0.29, 0.717) is 18.7 Å². The number of benzene rings is 1. The molecule has 1 atom stereocenters. The van der Waals surface area contributed by atoms with Crippen molar-refractivity contribution in [3.05, 3.63) is 47.3 Å². The van der Waals surface area contributed by atoms with Crippen LogP contribution < -0.4 is 4.74 Å². The van der Waals surface area contributed by atoms with Crippen LogP contribution in [-0.2, 0) is 18.3 Å². The molecule has 2 aliphatic rings. The molecule has 0 radical (unpaired) electrons. The van der Waals surface area contributed by atoms with Gasteiger partial charge >= 0.3 is 0 Å². The molecule has 0 bridgehead atoms. The molecule has 2 aromatic rings. The third-order valence-electron chi connectivity index (χ3n) is 5.12. The fourth-order valence-electron chi connectivity index (χ4n) is 3.85. The van der Waals surface area contributed by atoms with Gasteiger partial charge in [-0.2, -0.15) is 5.10 Å². The maximum Gasteiger partial charge on any atom is 0.257 e. The lowest BCUT2D eigenvalue weighted by molar-refractivity contribution is 0.0680. The minimum absolute atomic E-state index is 0.0340. The van der Waals surface area contributed by atoms with Crippen molar-refractivity contribution < 1.29 is 14.3 Å². The number of fused-ring (bicyclic) bond motifs is 1. The second-order valence-corrected chi connectivity index (χ2v) is 7.21. The third-order valence-corrected chi connectivity index (χ3v) is 5.12. The molecule has 1 saturated heterocycles. The Morgan fingerprint density at radius 2 is 2.00 bits per heavy atom. The summed E-state index contributed by atoms with van der Waals surface area (Å²) in [5, 5.41) is 4.62. The van der Waals surface area contributed by atoms with Crippen molar-refractivity contribution in [1.82, 2.24) is 14.7 Å². The van der Waals surface area contributed by atoms with Crippen LogP contribution in [0.1, 0.15) is 47.3 Å². The Bertz CT molecular complexity index is 795. The second-order valence-electron chi connectivity index (χ2n) is 7.21. The van der Waals surface area contributed by atoms with E-state index >= 15 is 0 Å². The number of aryl methyl sites for hydroxylation is 1. The molecule has 4 rings (SSSR count). The molecule has 1 aromatic carbocycles. The van der Waals surface area contributed by atoms with Crippen LogP contribution in [0.3, 0.4) is 0 Å². The first-order valence-electron chi connectivity index (χ1n) is 9.27. The van der Waals surface area contributed by atoms with Crippen LogP contribution in [0, 0.1) is 0 Å². The first kappa shape index (κ1) is 17.1. The standard InChI is InChI=1S/C20H25N3O3/c1-14-11-23(12-16-5-3-4-6-18(16)26-14)20(24)17-13-22(2)21-19(17)15-7-9-25-10-8-15/h3-6,13-15H,7-12H2,1-2H3. The van der Waals surface area contributed by atoms with Gasteiger partial charge in [-0.1, -0.05) is 18.2 Å². The van der Waals surface area contributed by atoms with Gasteiger partial charge in [0.15, 0.2) is 0 Å². The van der Waals surface area contributed by atoms with Gasteiger partial charge in [-0.15, -0.1) is 0 Å². The number of amides is 1. The molecule has 2 aliphatic heterocycles. The Balaban J connectivity index is 1.63. The molecule has 0 saturated carbocycles. The highest BCUT2D eigenvalue weighted by molar-refractivity contribution is 5.95. The van der Waals surface area contributed by atoms with Crippen LogP contribution in [0.5, 0.6) is 5.75 Å². The third kappa shape index (κ3) is 3.33. The maximum atomic E-state index is 13.4. The summed E-state index contributed by atoms with van der Waals surface area (Å²) in [5.41, 5.74) is 2.67. The van der Waals surface area contributed by atoms with Crippen LogP contribution in [-0.4, -0.2) is 46.5 Å². The molecule has 26 heavy (non-hydrogen) atoms. The first-order valence-corrected chi connectivity index (χ1v) is 9.27. The van der Waals surface area contributed by atoms with E-state index in [0.717, 1.165) is 43.1 Å². The van der Waals surface area contributed by atoms with Crippen molar-refractivity contribution in [2.24, 2.45) is 7.05 Å². The summed E-state index contributed by atoms with van der Waals surface area (Å²) in [6.45, 7) is 4.59. The number of carbonyl (C=O) groups excluding carboxylic acids is 1. The van der Waals surface area contributed by atoms with Crippen molar-refractivity contribution in [2.45, 2.75) is 38.3 Å². The van der Waals surface area contributed by atoms with Crippen molar-refractivity contribution in [2.75, 3.05) is 19.8 Å². The zero-order valence-electron chi connectivity index (χ0n) is 15.4. The molecule has 0 aliphatic carbocycles. The number of rotatable bonds is 2. The van der Waals surface area contributed by atoms with Gasteiger partial charge in [0.25, 0.3) is 5.91 Å². The van der Waals surface area contributed by atoms with Gasteiger partial charge in [-0.3, -0.25) is 9.48 Å². The number of para-hydroxylation sites is 1. The predicted octanol–water partition coefficient (Wildman–Crippen LogP) is 2.74. The number of hydrogen-bond acceptors (Lipinski definition) is 4. The van der Waals surface area contributed by atoms with E-state index in [1.165, 1.54) is 0 Å². The molecular weight excluding hydrogens is 330 g/mol. The van der Waals surface area contributed by atoms with Crippen molar-refractivity contribution >= 4 is 5.91 Å². The maximum absolute atomic E-state index is 13.4. The zero-order valence-corrected chi connectivity index (χ0v) is 15.4. The Kier molecular flexibility index (Phi) is 4.68. The lowest BCUT2D eigenvalue weighted by Gasteiger charge is -2.24. The molecule has 1 amide bonds. The highest BCUT2D eigenvalue weighted by atomic mass is 16.5. The topological polar surface area (TPSA) is 56.6 Å². The van der Waals surface area contributed by atoms with E-state index in [1.54, 1.807) is 4.68 Å². The molecule has 0 N–H and O–H groups in total. The number of hydrogen-bond donors (Lipinski definition) is 0. The summed E-state index contributed by atoms with van der Waals surface area (Å²) in [5.74, 6) is 1.19. The largest absolute Gasteiger partial charge is 0.489 e. The summed E-state index contributed by atoms with van der Waals surface area (Å²) in [4.78, 5) is 15.3. The normalized spacial score (nSPS) is 21.0. The quantitative estimate of drug-likeness (QED) is 0.831. The minimum atomic E-state index is -0.0502. The van der Waals surface area contributed by atoms with Crippen LogP contribution in [0.25, 0.3) is 0 Å². The molecule has 1 aromatic heterocycles. The Morgan fingerprint density at radius 1 is 1.23 bits per heavy atom. The molecule has 1 fully saturated rings. The minimum Gasteiger partial charge on any atom is -0.489 e. The van der Waals surface area contributed by atoms with Gasteiger partial charge in [-0.05, 0) is 25.8 Å². The molecule has 1 unspecified atom stereocenters. The summed E-state index contributed by atoms with van der Waals surface area (Å²) >= 11 is 0. The van der Waals surface area contributed by atoms with Gasteiger partial charge in [0.05, 0.1) is 17.8 Å². The van der Waals surface area contributed by atoms with Crippen LogP contribution in [0.15, 0.2) is 30.5 Å². The Morgan fingerprint density at radius 3 is 2.81 bits per heavy atom. The Labute approximate surface area is 153 Å². The average molecular weight is 355 g/mol. The summed E-state index contributed by atoms with van der Waals surface area (Å²) < 4.78 is 13.2. The number of carbonyl (C=O) groups is 1. The molecule has 3 heterocycles. The molecule has 138 valence electrons. The molecular formula is C20H25N3O3. The van der Waals surface area contributed by atoms with E-state index in [9.17, 15) is 4.79 Å². The number of aromatic nitrogens is 2. The van der Waals surface area contributed by atoms with Crippen molar-refractivity contribution in [1.29, 1.82) is 0 Å². The van der Waals surface area contributed by atoms with Gasteiger partial charge in [0.1, 0.15) is 11.9 Å². The van der Waals surface area contributed by atoms with Crippen molar-refractivity contribution in [3.63, 3.8) is 0 Å². The Hall–Kier alpha value is -2.34. The van der Waals surface area contributed by atoms with E-state index in [4.69, 9.17) is 9.47 Å². The molecule has 0 spiro atoms. The van der Waals surface area contributed by atoms with E-state index in [1.807, 2.05) is 49.3 Å². The van der Waals surface area contributed by atoms with Gasteiger partial charge in [0.2, 0.25) is 0 Å². The lowest BCUT2D eigenvalue weighted by atomic mass is 9.93. The smallest absolute Gasteiger partial charge is 0.257 e. The first-order chi connectivity index (χ1) is 12.6. The second kappa shape index (κ2) is 7.11. The monoisotopic (exact) mass is 355 g/mol. The van der Waals surface area contributed by atoms with Crippen molar-refractivity contribution in [3.8, 4) is 5.75 Å². The fraction of sp³-hybridized carbons (Fsp3) is 0.500. The van der Waals surface area contributed by atoms with E-state index < -0.39 is 0 Å². The molecule has 6 heteroatoms. The molecule has 6 nitrogen and oxygen atoms in total. The SMILES string of the molecule is CC1CN(C(=O)c2cn(C)nc2C2CCOCC2)Cc2ccccc2O1.